The maximum Gasteiger partial charge on any atom is 0.126 e. The fraction of sp³-hybridized carbons (Fsp3) is 0.286. The average Bonchev–Trinajstić information content (AvgIpc) is 2.85. The van der Waals surface area contributed by atoms with Crippen molar-refractivity contribution in [1.82, 2.24) is 5.32 Å². The molecule has 2 rings (SSSR count). The summed E-state index contributed by atoms with van der Waals surface area (Å²) >= 11 is 5.13. The molecule has 1 aromatic carbocycles. The molecule has 1 aromatic heterocycles. The Morgan fingerprint density at radius 1 is 1.33 bits per heavy atom. The van der Waals surface area contributed by atoms with Crippen LogP contribution in [-0.4, -0.2) is 13.1 Å². The van der Waals surface area contributed by atoms with Gasteiger partial charge in [0, 0.05) is 15.4 Å². The first-order valence-corrected chi connectivity index (χ1v) is 7.50. The largest absolute Gasteiger partial charge is 0.316 e. The van der Waals surface area contributed by atoms with Gasteiger partial charge >= 0.3 is 0 Å². The van der Waals surface area contributed by atoms with Crippen LogP contribution < -0.4 is 5.32 Å². The first-order valence-electron chi connectivity index (χ1n) is 5.82. The molecule has 1 unspecified atom stereocenters. The third-order valence-corrected chi connectivity index (χ3v) is 4.30. The molecule has 0 saturated carbocycles. The fourth-order valence-corrected chi connectivity index (χ4v) is 3.11. The lowest BCUT2D eigenvalue weighted by Crippen LogP contribution is -2.29. The molecule has 0 aliphatic heterocycles. The molecule has 1 N–H and O–H groups in total. The molecular formula is C14H15BrFNS. The summed E-state index contributed by atoms with van der Waals surface area (Å²) in [5.41, 5.74) is 0.750. The summed E-state index contributed by atoms with van der Waals surface area (Å²) < 4.78 is 14.6. The van der Waals surface area contributed by atoms with Gasteiger partial charge in [-0.2, -0.15) is 0 Å². The molecule has 0 spiro atoms. The van der Waals surface area contributed by atoms with E-state index in [1.807, 2.05) is 19.2 Å². The van der Waals surface area contributed by atoms with Crippen LogP contribution in [-0.2, 0) is 12.8 Å². The van der Waals surface area contributed by atoms with E-state index in [-0.39, 0.29) is 11.9 Å². The molecule has 0 aliphatic carbocycles. The van der Waals surface area contributed by atoms with E-state index in [9.17, 15) is 4.39 Å². The number of benzene rings is 1. The summed E-state index contributed by atoms with van der Waals surface area (Å²) in [7, 11) is 1.92. The van der Waals surface area contributed by atoms with Crippen molar-refractivity contribution in [2.24, 2.45) is 0 Å². The predicted molar refractivity (Wildman–Crippen MR) is 78.7 cm³/mol. The van der Waals surface area contributed by atoms with Gasteiger partial charge in [-0.15, -0.1) is 11.3 Å². The van der Waals surface area contributed by atoms with Crippen LogP contribution in [0.4, 0.5) is 4.39 Å². The van der Waals surface area contributed by atoms with Crippen LogP contribution in [0.1, 0.15) is 10.4 Å². The highest BCUT2D eigenvalue weighted by Crippen LogP contribution is 2.19. The highest BCUT2D eigenvalue weighted by Gasteiger charge is 2.12. The third-order valence-electron chi connectivity index (χ3n) is 2.91. The van der Waals surface area contributed by atoms with Gasteiger partial charge in [0.15, 0.2) is 0 Å². The number of rotatable bonds is 5. The molecule has 18 heavy (non-hydrogen) atoms. The first kappa shape index (κ1) is 13.7. The minimum atomic E-state index is -0.135. The zero-order valence-electron chi connectivity index (χ0n) is 10.1. The zero-order valence-corrected chi connectivity index (χ0v) is 12.5. The number of thiophene rings is 1. The molecule has 96 valence electrons. The lowest BCUT2D eigenvalue weighted by Gasteiger charge is -2.16. The number of nitrogens with one attached hydrogen (secondary N) is 1. The summed E-state index contributed by atoms with van der Waals surface area (Å²) in [5, 5.41) is 5.33. The van der Waals surface area contributed by atoms with E-state index < -0.39 is 0 Å². The number of hydrogen-bond donors (Lipinski definition) is 1. The van der Waals surface area contributed by atoms with Crippen LogP contribution in [0, 0.1) is 5.82 Å². The van der Waals surface area contributed by atoms with E-state index in [2.05, 4.69) is 32.7 Å². The van der Waals surface area contributed by atoms with E-state index >= 15 is 0 Å². The van der Waals surface area contributed by atoms with Crippen molar-refractivity contribution in [3.8, 4) is 0 Å². The second kappa shape index (κ2) is 6.45. The molecule has 1 heterocycles. The van der Waals surface area contributed by atoms with Crippen molar-refractivity contribution in [1.29, 1.82) is 0 Å². The van der Waals surface area contributed by atoms with Gasteiger partial charge in [0.2, 0.25) is 0 Å². The molecule has 1 nitrogen and oxygen atoms in total. The van der Waals surface area contributed by atoms with Gasteiger partial charge < -0.3 is 5.32 Å². The van der Waals surface area contributed by atoms with Gasteiger partial charge in [-0.25, -0.2) is 4.39 Å². The summed E-state index contributed by atoms with van der Waals surface area (Å²) in [5.74, 6) is -0.135. The maximum absolute atomic E-state index is 13.7. The Labute approximate surface area is 119 Å². The second-order valence-corrected chi connectivity index (χ2v) is 6.16. The van der Waals surface area contributed by atoms with Gasteiger partial charge in [0.05, 0.1) is 0 Å². The summed E-state index contributed by atoms with van der Waals surface area (Å²) in [6, 6.07) is 9.52. The summed E-state index contributed by atoms with van der Waals surface area (Å²) in [6.07, 6.45) is 1.62. The summed E-state index contributed by atoms with van der Waals surface area (Å²) in [4.78, 5) is 1.32. The van der Waals surface area contributed by atoms with Crippen LogP contribution >= 0.6 is 27.3 Å². The molecule has 2 aromatic rings. The van der Waals surface area contributed by atoms with E-state index in [0.29, 0.717) is 6.42 Å². The topological polar surface area (TPSA) is 12.0 Å². The standard InChI is InChI=1S/C14H15BrFNS/c1-17-12(9-13-3-2-6-18-13)8-10-7-11(15)4-5-14(10)16/h2-7,12,17H,8-9H2,1H3. The number of hydrogen-bond acceptors (Lipinski definition) is 2. The molecule has 0 aliphatic rings. The normalized spacial score (nSPS) is 12.6. The molecule has 0 radical (unpaired) electrons. The molecule has 0 fully saturated rings. The van der Waals surface area contributed by atoms with Gasteiger partial charge in [0.1, 0.15) is 5.82 Å². The van der Waals surface area contributed by atoms with E-state index in [0.717, 1.165) is 16.5 Å². The quantitative estimate of drug-likeness (QED) is 0.874. The minimum absolute atomic E-state index is 0.135. The van der Waals surface area contributed by atoms with E-state index in [4.69, 9.17) is 0 Å². The summed E-state index contributed by atoms with van der Waals surface area (Å²) in [6.45, 7) is 0. The van der Waals surface area contributed by atoms with Gasteiger partial charge in [-0.3, -0.25) is 0 Å². The van der Waals surface area contributed by atoms with Crippen LogP contribution in [0.3, 0.4) is 0 Å². The molecular weight excluding hydrogens is 313 g/mol. The Kier molecular flexibility index (Phi) is 4.92. The van der Waals surface area contributed by atoms with Crippen molar-refractivity contribution in [3.63, 3.8) is 0 Å². The van der Waals surface area contributed by atoms with Crippen molar-refractivity contribution in [2.45, 2.75) is 18.9 Å². The van der Waals surface area contributed by atoms with Crippen molar-refractivity contribution in [2.75, 3.05) is 7.05 Å². The van der Waals surface area contributed by atoms with Crippen LogP contribution in [0.2, 0.25) is 0 Å². The smallest absolute Gasteiger partial charge is 0.126 e. The predicted octanol–water partition coefficient (Wildman–Crippen LogP) is 4.02. The van der Waals surface area contributed by atoms with Crippen LogP contribution in [0.5, 0.6) is 0 Å². The fourth-order valence-electron chi connectivity index (χ4n) is 1.91. The van der Waals surface area contributed by atoms with Crippen molar-refractivity contribution in [3.05, 3.63) is 56.4 Å². The van der Waals surface area contributed by atoms with Crippen molar-refractivity contribution >= 4 is 27.3 Å². The van der Waals surface area contributed by atoms with Crippen LogP contribution in [0.15, 0.2) is 40.2 Å². The molecule has 1 atom stereocenters. The Balaban J connectivity index is 2.07. The molecule has 0 bridgehead atoms. The SMILES string of the molecule is CNC(Cc1cccs1)Cc1cc(Br)ccc1F. The number of halogens is 2. The minimum Gasteiger partial charge on any atom is -0.316 e. The van der Waals surface area contributed by atoms with Gasteiger partial charge in [-0.05, 0) is 55.1 Å². The Morgan fingerprint density at radius 2 is 2.17 bits per heavy atom. The highest BCUT2D eigenvalue weighted by atomic mass is 79.9. The lowest BCUT2D eigenvalue weighted by molar-refractivity contribution is 0.534. The molecule has 0 amide bonds. The third kappa shape index (κ3) is 3.64. The Bertz CT molecular complexity index is 499. The maximum atomic E-state index is 13.7. The lowest BCUT2D eigenvalue weighted by atomic mass is 10.0. The van der Waals surface area contributed by atoms with Crippen molar-refractivity contribution < 1.29 is 4.39 Å². The highest BCUT2D eigenvalue weighted by molar-refractivity contribution is 9.10. The average molecular weight is 328 g/mol. The monoisotopic (exact) mass is 327 g/mol. The van der Waals surface area contributed by atoms with E-state index in [1.54, 1.807) is 17.4 Å². The van der Waals surface area contributed by atoms with Gasteiger partial charge in [-0.1, -0.05) is 22.0 Å². The first-order chi connectivity index (χ1) is 8.69. The number of likely N-dealkylation sites (N-methyl/N-ethyl adjacent to an activating group) is 1. The molecule has 4 heteroatoms. The van der Waals surface area contributed by atoms with Gasteiger partial charge in [0.25, 0.3) is 0 Å². The molecule has 0 saturated heterocycles. The Morgan fingerprint density at radius 3 is 2.83 bits per heavy atom. The second-order valence-electron chi connectivity index (χ2n) is 4.21. The van der Waals surface area contributed by atoms with E-state index in [1.165, 1.54) is 10.9 Å². The van der Waals surface area contributed by atoms with Crippen LogP contribution in [0.25, 0.3) is 0 Å². The zero-order chi connectivity index (χ0) is 13.0. The Hall–Kier alpha value is -0.710.